The summed E-state index contributed by atoms with van der Waals surface area (Å²) in [7, 11) is 0. The van der Waals surface area contributed by atoms with Crippen LogP contribution in [0.25, 0.3) is 0 Å². The number of aryl methyl sites for hydroxylation is 1. The van der Waals surface area contributed by atoms with E-state index in [1.807, 2.05) is 42.2 Å². The molecular formula is C25H25ClN2O2. The summed E-state index contributed by atoms with van der Waals surface area (Å²) in [5.74, 6) is 0.630. The van der Waals surface area contributed by atoms with Crippen molar-refractivity contribution in [1.29, 1.82) is 0 Å². The minimum absolute atomic E-state index is 0.0193. The third-order valence-corrected chi connectivity index (χ3v) is 5.65. The van der Waals surface area contributed by atoms with Crippen molar-refractivity contribution in [2.45, 2.75) is 25.5 Å². The van der Waals surface area contributed by atoms with E-state index in [-0.39, 0.29) is 11.9 Å². The predicted octanol–water partition coefficient (Wildman–Crippen LogP) is 4.64. The first-order valence-electron chi connectivity index (χ1n) is 10.2. The molecule has 1 fully saturated rings. The number of carbonyl (C=O) groups excluding carboxylic acids is 1. The molecule has 4 rings (SSSR count). The Morgan fingerprint density at radius 2 is 1.67 bits per heavy atom. The van der Waals surface area contributed by atoms with E-state index in [9.17, 15) is 4.79 Å². The molecule has 3 aromatic rings. The van der Waals surface area contributed by atoms with Gasteiger partial charge in [-0.25, -0.2) is 0 Å². The van der Waals surface area contributed by atoms with Gasteiger partial charge in [-0.05, 0) is 61.3 Å². The number of β-lactam (4-membered cyclic amide) rings is 1. The molecular weight excluding hydrogens is 396 g/mol. The van der Waals surface area contributed by atoms with Crippen LogP contribution in [0.2, 0.25) is 5.02 Å². The fourth-order valence-corrected chi connectivity index (χ4v) is 3.89. The second-order valence-electron chi connectivity index (χ2n) is 7.49. The minimum atomic E-state index is -0.519. The Labute approximate surface area is 182 Å². The summed E-state index contributed by atoms with van der Waals surface area (Å²) in [6, 6.07) is 25.4. The Morgan fingerprint density at radius 1 is 0.967 bits per heavy atom. The van der Waals surface area contributed by atoms with Crippen LogP contribution in [0.3, 0.4) is 0 Å². The Hall–Kier alpha value is -2.82. The maximum atomic E-state index is 13.0. The molecule has 0 aromatic heterocycles. The molecule has 1 aliphatic rings. The van der Waals surface area contributed by atoms with E-state index in [0.717, 1.165) is 24.2 Å². The number of ether oxygens (including phenoxy) is 1. The van der Waals surface area contributed by atoms with Gasteiger partial charge in [0.2, 0.25) is 0 Å². The van der Waals surface area contributed by atoms with Gasteiger partial charge < -0.3 is 15.0 Å². The number of halogens is 1. The molecule has 0 unspecified atom stereocenters. The SMILES string of the molecule is Cc1ccccc1N1C(=O)[C@H](Oc2ccc(Cl)cc2)[C@H]1CNCCc1ccccc1. The zero-order chi connectivity index (χ0) is 20.9. The number of nitrogens with zero attached hydrogens (tertiary/aromatic N) is 1. The number of benzene rings is 3. The van der Waals surface area contributed by atoms with E-state index in [1.165, 1.54) is 5.56 Å². The Morgan fingerprint density at radius 3 is 2.40 bits per heavy atom. The average molecular weight is 421 g/mol. The van der Waals surface area contributed by atoms with Crippen molar-refractivity contribution in [2.24, 2.45) is 0 Å². The van der Waals surface area contributed by atoms with Crippen LogP contribution < -0.4 is 15.0 Å². The van der Waals surface area contributed by atoms with Crippen LogP contribution in [0.4, 0.5) is 5.69 Å². The lowest BCUT2D eigenvalue weighted by Gasteiger charge is -2.47. The summed E-state index contributed by atoms with van der Waals surface area (Å²) in [5.41, 5.74) is 3.30. The van der Waals surface area contributed by atoms with Gasteiger partial charge in [-0.3, -0.25) is 4.79 Å². The fraction of sp³-hybridized carbons (Fsp3) is 0.240. The van der Waals surface area contributed by atoms with Crippen molar-refractivity contribution in [3.05, 3.63) is 95.0 Å². The lowest BCUT2D eigenvalue weighted by atomic mass is 9.95. The average Bonchev–Trinajstić information content (AvgIpc) is 2.77. The third kappa shape index (κ3) is 4.50. The molecule has 0 spiro atoms. The highest BCUT2D eigenvalue weighted by molar-refractivity contribution is 6.30. The third-order valence-electron chi connectivity index (χ3n) is 5.40. The van der Waals surface area contributed by atoms with Crippen molar-refractivity contribution >= 4 is 23.2 Å². The second-order valence-corrected chi connectivity index (χ2v) is 7.93. The molecule has 0 bridgehead atoms. The van der Waals surface area contributed by atoms with Crippen LogP contribution in [-0.2, 0) is 11.2 Å². The Kier molecular flexibility index (Phi) is 6.36. The van der Waals surface area contributed by atoms with Crippen molar-refractivity contribution in [3.63, 3.8) is 0 Å². The molecule has 2 atom stereocenters. The molecule has 1 amide bonds. The van der Waals surface area contributed by atoms with E-state index >= 15 is 0 Å². The van der Waals surface area contributed by atoms with Crippen LogP contribution in [0.15, 0.2) is 78.9 Å². The molecule has 1 aliphatic heterocycles. The molecule has 1 heterocycles. The summed E-state index contributed by atoms with van der Waals surface area (Å²) in [6.45, 7) is 3.52. The van der Waals surface area contributed by atoms with Gasteiger partial charge in [0.05, 0.1) is 6.04 Å². The van der Waals surface area contributed by atoms with Crippen LogP contribution >= 0.6 is 11.6 Å². The number of hydrogen-bond donors (Lipinski definition) is 1. The Bertz CT molecular complexity index is 992. The number of amides is 1. The molecule has 154 valence electrons. The number of nitrogens with one attached hydrogen (secondary N) is 1. The summed E-state index contributed by atoms with van der Waals surface area (Å²) in [4.78, 5) is 14.9. The van der Waals surface area contributed by atoms with E-state index in [1.54, 1.807) is 24.3 Å². The van der Waals surface area contributed by atoms with Gasteiger partial charge in [-0.1, -0.05) is 60.1 Å². The fourth-order valence-electron chi connectivity index (χ4n) is 3.76. The highest BCUT2D eigenvalue weighted by atomic mass is 35.5. The molecule has 1 N–H and O–H groups in total. The molecule has 0 aliphatic carbocycles. The zero-order valence-corrected chi connectivity index (χ0v) is 17.7. The number of hydrogen-bond acceptors (Lipinski definition) is 3. The minimum Gasteiger partial charge on any atom is -0.478 e. The van der Waals surface area contributed by atoms with Crippen molar-refractivity contribution in [3.8, 4) is 5.75 Å². The molecule has 5 heteroatoms. The Balaban J connectivity index is 1.45. The van der Waals surface area contributed by atoms with Gasteiger partial charge in [0.25, 0.3) is 5.91 Å². The molecule has 4 nitrogen and oxygen atoms in total. The van der Waals surface area contributed by atoms with Gasteiger partial charge >= 0.3 is 0 Å². The largest absolute Gasteiger partial charge is 0.478 e. The number of carbonyl (C=O) groups is 1. The first kappa shape index (κ1) is 20.5. The van der Waals surface area contributed by atoms with Crippen LogP contribution in [0, 0.1) is 6.92 Å². The lowest BCUT2D eigenvalue weighted by Crippen LogP contribution is -2.70. The summed E-state index contributed by atoms with van der Waals surface area (Å²) < 4.78 is 6.05. The van der Waals surface area contributed by atoms with E-state index < -0.39 is 6.10 Å². The van der Waals surface area contributed by atoms with Crippen LogP contribution in [0.5, 0.6) is 5.75 Å². The maximum absolute atomic E-state index is 13.0. The standard InChI is InChI=1S/C25H25ClN2O2/c1-18-7-5-6-10-22(18)28-23(17-27-16-15-19-8-3-2-4-9-19)24(25(28)29)30-21-13-11-20(26)12-14-21/h2-14,23-24,27H,15-17H2,1H3/t23-,24-/m1/s1. The number of rotatable bonds is 8. The van der Waals surface area contributed by atoms with E-state index in [4.69, 9.17) is 16.3 Å². The zero-order valence-electron chi connectivity index (χ0n) is 16.9. The van der Waals surface area contributed by atoms with E-state index in [0.29, 0.717) is 17.3 Å². The number of para-hydroxylation sites is 1. The molecule has 30 heavy (non-hydrogen) atoms. The van der Waals surface area contributed by atoms with Crippen LogP contribution in [-0.4, -0.2) is 31.1 Å². The smallest absolute Gasteiger partial charge is 0.270 e. The van der Waals surface area contributed by atoms with Gasteiger partial charge in [0.15, 0.2) is 6.10 Å². The van der Waals surface area contributed by atoms with Crippen LogP contribution in [0.1, 0.15) is 11.1 Å². The topological polar surface area (TPSA) is 41.6 Å². The maximum Gasteiger partial charge on any atom is 0.270 e. The quantitative estimate of drug-likeness (QED) is 0.426. The first-order valence-corrected chi connectivity index (χ1v) is 10.6. The molecule has 1 saturated heterocycles. The van der Waals surface area contributed by atoms with Gasteiger partial charge in [-0.2, -0.15) is 0 Å². The second kappa shape index (κ2) is 9.33. The lowest BCUT2D eigenvalue weighted by molar-refractivity contribution is -0.134. The van der Waals surface area contributed by atoms with Crippen molar-refractivity contribution < 1.29 is 9.53 Å². The molecule has 0 saturated carbocycles. The normalized spacial score (nSPS) is 18.2. The molecule has 3 aromatic carbocycles. The highest BCUT2D eigenvalue weighted by Gasteiger charge is 2.50. The number of anilines is 1. The monoisotopic (exact) mass is 420 g/mol. The predicted molar refractivity (Wildman–Crippen MR) is 121 cm³/mol. The first-order chi connectivity index (χ1) is 14.6. The highest BCUT2D eigenvalue weighted by Crippen LogP contribution is 2.33. The summed E-state index contributed by atoms with van der Waals surface area (Å²) in [6.07, 6.45) is 0.421. The van der Waals surface area contributed by atoms with Gasteiger partial charge in [0.1, 0.15) is 5.75 Å². The molecule has 0 radical (unpaired) electrons. The van der Waals surface area contributed by atoms with Gasteiger partial charge in [0, 0.05) is 17.3 Å². The summed E-state index contributed by atoms with van der Waals surface area (Å²) in [5, 5.41) is 4.15. The van der Waals surface area contributed by atoms with E-state index in [2.05, 4.69) is 29.6 Å². The van der Waals surface area contributed by atoms with Crippen molar-refractivity contribution in [1.82, 2.24) is 5.32 Å². The van der Waals surface area contributed by atoms with Gasteiger partial charge in [-0.15, -0.1) is 0 Å². The van der Waals surface area contributed by atoms with Crippen molar-refractivity contribution in [2.75, 3.05) is 18.0 Å². The summed E-state index contributed by atoms with van der Waals surface area (Å²) >= 11 is 5.97.